The quantitative estimate of drug-likeness (QED) is 0.793. The van der Waals surface area contributed by atoms with Crippen LogP contribution in [0.1, 0.15) is 32.1 Å². The fraction of sp³-hybridized carbons (Fsp3) is 0.667. The molecular weight excluding hydrogens is 268 g/mol. The Bertz CT molecular complexity index is 516. The number of amidine groups is 1. The van der Waals surface area contributed by atoms with Gasteiger partial charge in [-0.3, -0.25) is 14.5 Å². The lowest BCUT2D eigenvalue weighted by molar-refractivity contribution is -0.119. The molecule has 0 saturated carbocycles. The maximum absolute atomic E-state index is 12.3. The van der Waals surface area contributed by atoms with Crippen LogP contribution < -0.4 is 5.73 Å². The third-order valence-electron chi connectivity index (χ3n) is 4.47. The first-order valence-electron chi connectivity index (χ1n) is 7.72. The van der Waals surface area contributed by atoms with E-state index in [1.54, 1.807) is 0 Å². The zero-order chi connectivity index (χ0) is 14.8. The average Bonchev–Trinajstić information content (AvgIpc) is 2.47. The summed E-state index contributed by atoms with van der Waals surface area (Å²) in [6.45, 7) is 3.52. The van der Waals surface area contributed by atoms with Crippen molar-refractivity contribution in [1.82, 2.24) is 9.80 Å². The minimum atomic E-state index is -0.286. The summed E-state index contributed by atoms with van der Waals surface area (Å²) >= 11 is 0. The van der Waals surface area contributed by atoms with Gasteiger partial charge in [0.2, 0.25) is 5.91 Å². The number of piperazine rings is 1. The van der Waals surface area contributed by atoms with Crippen molar-refractivity contribution < 1.29 is 9.59 Å². The summed E-state index contributed by atoms with van der Waals surface area (Å²) in [5.41, 5.74) is 7.21. The number of primary amides is 1. The Hall–Kier alpha value is -1.69. The van der Waals surface area contributed by atoms with Crippen molar-refractivity contribution in [2.75, 3.05) is 32.7 Å². The van der Waals surface area contributed by atoms with Crippen LogP contribution in [0.3, 0.4) is 0 Å². The smallest absolute Gasteiger partial charge is 0.231 e. The van der Waals surface area contributed by atoms with Crippen LogP contribution in [0.15, 0.2) is 16.3 Å². The highest BCUT2D eigenvalue weighted by Gasteiger charge is 2.29. The standard InChI is InChI=1S/C15H22N4O2/c16-14(21)10-18-5-7-19(8-6-18)15-9-13(20)11-3-1-2-4-12(11)17-15/h1-10H2,(H2,16,21). The number of nitrogens with zero attached hydrogens (tertiary/aromatic N) is 3. The molecule has 2 N–H and O–H groups in total. The van der Waals surface area contributed by atoms with E-state index in [0.29, 0.717) is 13.0 Å². The molecule has 114 valence electrons. The van der Waals surface area contributed by atoms with Gasteiger partial charge in [0.1, 0.15) is 5.84 Å². The van der Waals surface area contributed by atoms with E-state index >= 15 is 0 Å². The van der Waals surface area contributed by atoms with Gasteiger partial charge in [0.15, 0.2) is 5.78 Å². The minimum Gasteiger partial charge on any atom is -0.369 e. The minimum absolute atomic E-state index is 0.259. The summed E-state index contributed by atoms with van der Waals surface area (Å²) in [7, 11) is 0. The van der Waals surface area contributed by atoms with Gasteiger partial charge in [0, 0.05) is 37.4 Å². The van der Waals surface area contributed by atoms with E-state index in [0.717, 1.165) is 69.0 Å². The molecule has 6 heteroatoms. The van der Waals surface area contributed by atoms with Gasteiger partial charge >= 0.3 is 0 Å². The van der Waals surface area contributed by atoms with E-state index < -0.39 is 0 Å². The van der Waals surface area contributed by atoms with Crippen LogP contribution in [0.25, 0.3) is 0 Å². The van der Waals surface area contributed by atoms with Crippen LogP contribution in [-0.4, -0.2) is 60.0 Å². The van der Waals surface area contributed by atoms with Gasteiger partial charge < -0.3 is 10.6 Å². The van der Waals surface area contributed by atoms with E-state index in [2.05, 4.69) is 9.80 Å². The lowest BCUT2D eigenvalue weighted by Gasteiger charge is -2.37. The molecule has 21 heavy (non-hydrogen) atoms. The van der Waals surface area contributed by atoms with Crippen molar-refractivity contribution in [2.45, 2.75) is 32.1 Å². The summed E-state index contributed by atoms with van der Waals surface area (Å²) in [4.78, 5) is 32.2. The van der Waals surface area contributed by atoms with E-state index in [4.69, 9.17) is 10.7 Å². The summed E-state index contributed by atoms with van der Waals surface area (Å²) in [6.07, 6.45) is 4.52. The molecule has 0 bridgehead atoms. The Morgan fingerprint density at radius 2 is 1.86 bits per heavy atom. The number of hydrogen-bond donors (Lipinski definition) is 1. The number of carbonyl (C=O) groups is 2. The predicted molar refractivity (Wildman–Crippen MR) is 79.8 cm³/mol. The fourth-order valence-corrected chi connectivity index (χ4v) is 3.33. The highest BCUT2D eigenvalue weighted by molar-refractivity contribution is 6.11. The summed E-state index contributed by atoms with van der Waals surface area (Å²) < 4.78 is 0. The van der Waals surface area contributed by atoms with E-state index in [1.807, 2.05) is 0 Å². The molecule has 2 heterocycles. The van der Waals surface area contributed by atoms with Gasteiger partial charge in [-0.15, -0.1) is 0 Å². The number of hydrogen-bond acceptors (Lipinski definition) is 5. The molecule has 0 radical (unpaired) electrons. The van der Waals surface area contributed by atoms with Crippen LogP contribution in [-0.2, 0) is 9.59 Å². The first kappa shape index (κ1) is 14.3. The molecule has 0 atom stereocenters. The molecule has 2 aliphatic heterocycles. The number of Topliss-reactive ketones (excluding diaryl/α,β-unsaturated/α-hetero) is 1. The molecule has 0 aromatic carbocycles. The first-order valence-corrected chi connectivity index (χ1v) is 7.72. The Morgan fingerprint density at radius 3 is 2.57 bits per heavy atom. The van der Waals surface area contributed by atoms with Gasteiger partial charge in [-0.2, -0.15) is 0 Å². The first-order chi connectivity index (χ1) is 10.1. The van der Waals surface area contributed by atoms with Crippen LogP contribution >= 0.6 is 0 Å². The van der Waals surface area contributed by atoms with Crippen molar-refractivity contribution in [2.24, 2.45) is 10.7 Å². The molecule has 0 unspecified atom stereocenters. The number of rotatable bonds is 2. The third-order valence-corrected chi connectivity index (χ3v) is 4.47. The van der Waals surface area contributed by atoms with Crippen molar-refractivity contribution >= 4 is 17.5 Å². The van der Waals surface area contributed by atoms with Gasteiger partial charge in [-0.05, 0) is 25.7 Å². The summed E-state index contributed by atoms with van der Waals surface area (Å²) in [5, 5.41) is 0. The zero-order valence-electron chi connectivity index (χ0n) is 12.3. The van der Waals surface area contributed by atoms with E-state index in [9.17, 15) is 9.59 Å². The van der Waals surface area contributed by atoms with E-state index in [-0.39, 0.29) is 11.7 Å². The molecule has 0 aromatic heterocycles. The molecule has 1 amide bonds. The highest BCUT2D eigenvalue weighted by Crippen LogP contribution is 2.30. The molecule has 0 aromatic rings. The molecule has 3 aliphatic rings. The SMILES string of the molecule is NC(=O)CN1CCN(C2=NC3=C(CCCC3)C(=O)C2)CC1. The highest BCUT2D eigenvalue weighted by atomic mass is 16.1. The molecule has 3 rings (SSSR count). The topological polar surface area (TPSA) is 79.0 Å². The van der Waals surface area contributed by atoms with Gasteiger partial charge in [0.05, 0.1) is 13.0 Å². The number of aliphatic imine (C=N–C) groups is 1. The van der Waals surface area contributed by atoms with Crippen molar-refractivity contribution in [3.63, 3.8) is 0 Å². The Kier molecular flexibility index (Phi) is 4.05. The maximum Gasteiger partial charge on any atom is 0.231 e. The van der Waals surface area contributed by atoms with Crippen LogP contribution in [0.2, 0.25) is 0 Å². The molecule has 1 aliphatic carbocycles. The number of ketones is 1. The van der Waals surface area contributed by atoms with E-state index in [1.165, 1.54) is 0 Å². The van der Waals surface area contributed by atoms with Crippen LogP contribution in [0, 0.1) is 0 Å². The van der Waals surface area contributed by atoms with Gasteiger partial charge in [0.25, 0.3) is 0 Å². The van der Waals surface area contributed by atoms with Crippen LogP contribution in [0.5, 0.6) is 0 Å². The third kappa shape index (κ3) is 3.15. The predicted octanol–water partition coefficient (Wildman–Crippen LogP) is 0.289. The fourth-order valence-electron chi connectivity index (χ4n) is 3.33. The molecule has 1 fully saturated rings. The van der Waals surface area contributed by atoms with Gasteiger partial charge in [-0.1, -0.05) is 0 Å². The zero-order valence-corrected chi connectivity index (χ0v) is 12.3. The second-order valence-electron chi connectivity index (χ2n) is 5.99. The van der Waals surface area contributed by atoms with Crippen molar-refractivity contribution in [3.05, 3.63) is 11.3 Å². The average molecular weight is 290 g/mol. The molecule has 6 nitrogen and oxygen atoms in total. The van der Waals surface area contributed by atoms with Crippen molar-refractivity contribution in [3.8, 4) is 0 Å². The second-order valence-corrected chi connectivity index (χ2v) is 5.99. The van der Waals surface area contributed by atoms with Gasteiger partial charge in [-0.25, -0.2) is 4.99 Å². The normalized spacial score (nSPS) is 23.9. The monoisotopic (exact) mass is 290 g/mol. The molecular formula is C15H22N4O2. The van der Waals surface area contributed by atoms with Crippen LogP contribution in [0.4, 0.5) is 0 Å². The Morgan fingerprint density at radius 1 is 1.14 bits per heavy atom. The number of carbonyl (C=O) groups excluding carboxylic acids is 2. The van der Waals surface area contributed by atoms with Crippen molar-refractivity contribution in [1.29, 1.82) is 0 Å². The summed E-state index contributed by atoms with van der Waals surface area (Å²) in [5.74, 6) is 0.888. The number of allylic oxidation sites excluding steroid dienone is 2. The number of nitrogens with two attached hydrogens (primary N) is 1. The Labute approximate surface area is 124 Å². The lowest BCUT2D eigenvalue weighted by Crippen LogP contribution is -2.51. The summed E-state index contributed by atoms with van der Waals surface area (Å²) in [6, 6.07) is 0. The molecule has 0 spiro atoms. The largest absolute Gasteiger partial charge is 0.369 e. The lowest BCUT2D eigenvalue weighted by atomic mass is 9.90. The maximum atomic E-state index is 12.3. The Balaban J connectivity index is 1.66. The second kappa shape index (κ2) is 5.97. The number of amides is 1. The molecule has 1 saturated heterocycles.